The van der Waals surface area contributed by atoms with E-state index in [9.17, 15) is 5.21 Å². The molecule has 1 unspecified atom stereocenters. The van der Waals surface area contributed by atoms with Crippen molar-refractivity contribution in [3.05, 3.63) is 64.3 Å². The van der Waals surface area contributed by atoms with Gasteiger partial charge in [-0.2, -0.15) is 5.06 Å². The van der Waals surface area contributed by atoms with Gasteiger partial charge in [-0.3, -0.25) is 0 Å². The van der Waals surface area contributed by atoms with Crippen molar-refractivity contribution in [1.82, 2.24) is 10.0 Å². The van der Waals surface area contributed by atoms with Gasteiger partial charge < -0.3 is 14.9 Å². The molecule has 1 atom stereocenters. The van der Waals surface area contributed by atoms with Gasteiger partial charge in [0.25, 0.3) is 0 Å². The first kappa shape index (κ1) is 16.1. The molecule has 0 radical (unpaired) electrons. The number of hydrogen-bond acceptors (Lipinski definition) is 3. The molecule has 3 aromatic rings. The van der Waals surface area contributed by atoms with Crippen LogP contribution in [0.1, 0.15) is 24.1 Å². The highest BCUT2D eigenvalue weighted by Gasteiger charge is 2.18. The second-order valence-corrected chi connectivity index (χ2v) is 6.47. The summed E-state index contributed by atoms with van der Waals surface area (Å²) in [7, 11) is 1.64. The van der Waals surface area contributed by atoms with Crippen LogP contribution in [0.15, 0.2) is 53.1 Å². The third-order valence-corrected chi connectivity index (χ3v) is 4.57. The first-order valence-electron chi connectivity index (χ1n) is 7.43. The van der Waals surface area contributed by atoms with Crippen molar-refractivity contribution in [3.8, 4) is 5.75 Å². The summed E-state index contributed by atoms with van der Waals surface area (Å²) in [6.45, 7) is 2.44. The average Bonchev–Trinajstić information content (AvgIpc) is 2.97. The Morgan fingerprint density at radius 3 is 2.65 bits per heavy atom. The van der Waals surface area contributed by atoms with E-state index in [1.165, 1.54) is 5.06 Å². The summed E-state index contributed by atoms with van der Waals surface area (Å²) in [5.41, 5.74) is 3.16. The van der Waals surface area contributed by atoms with E-state index in [-0.39, 0.29) is 6.04 Å². The third kappa shape index (κ3) is 3.42. The smallest absolute Gasteiger partial charge is 0.118 e. The lowest BCUT2D eigenvalue weighted by molar-refractivity contribution is -0.131. The van der Waals surface area contributed by atoms with Crippen molar-refractivity contribution in [1.29, 1.82) is 0 Å². The molecular formula is C18H19BrN2O2. The predicted octanol–water partition coefficient (Wildman–Crippen LogP) is 4.89. The number of aromatic amines is 1. The first-order valence-corrected chi connectivity index (χ1v) is 8.23. The summed E-state index contributed by atoms with van der Waals surface area (Å²) in [6, 6.07) is 13.7. The quantitative estimate of drug-likeness (QED) is 0.624. The van der Waals surface area contributed by atoms with E-state index in [0.717, 1.165) is 32.3 Å². The Labute approximate surface area is 143 Å². The zero-order valence-corrected chi connectivity index (χ0v) is 14.7. The lowest BCUT2D eigenvalue weighted by atomic mass is 10.1. The van der Waals surface area contributed by atoms with Crippen LogP contribution in [0.3, 0.4) is 0 Å². The van der Waals surface area contributed by atoms with Crippen molar-refractivity contribution in [2.75, 3.05) is 7.11 Å². The van der Waals surface area contributed by atoms with E-state index in [4.69, 9.17) is 4.74 Å². The zero-order chi connectivity index (χ0) is 16.4. The second kappa shape index (κ2) is 6.74. The topological polar surface area (TPSA) is 48.5 Å². The van der Waals surface area contributed by atoms with Gasteiger partial charge in [-0.15, -0.1) is 0 Å². The zero-order valence-electron chi connectivity index (χ0n) is 13.1. The molecule has 0 aliphatic heterocycles. The fourth-order valence-corrected chi connectivity index (χ4v) is 3.04. The molecular weight excluding hydrogens is 356 g/mol. The lowest BCUT2D eigenvalue weighted by Crippen LogP contribution is -2.22. The number of fused-ring (bicyclic) bond motifs is 1. The molecule has 2 aromatic carbocycles. The van der Waals surface area contributed by atoms with Crippen molar-refractivity contribution < 1.29 is 9.94 Å². The molecule has 4 nitrogen and oxygen atoms in total. The summed E-state index contributed by atoms with van der Waals surface area (Å²) >= 11 is 3.50. The van der Waals surface area contributed by atoms with Crippen LogP contribution < -0.4 is 4.74 Å². The first-order chi connectivity index (χ1) is 11.1. The molecule has 23 heavy (non-hydrogen) atoms. The molecule has 3 rings (SSSR count). The maximum absolute atomic E-state index is 10.5. The van der Waals surface area contributed by atoms with Crippen LogP contribution in [0.2, 0.25) is 0 Å². The molecule has 0 amide bonds. The molecule has 1 heterocycles. The largest absolute Gasteiger partial charge is 0.497 e. The van der Waals surface area contributed by atoms with Gasteiger partial charge in [-0.05, 0) is 48.4 Å². The van der Waals surface area contributed by atoms with Crippen LogP contribution in [0.25, 0.3) is 10.9 Å². The van der Waals surface area contributed by atoms with Gasteiger partial charge in [0.15, 0.2) is 0 Å². The van der Waals surface area contributed by atoms with E-state index >= 15 is 0 Å². The number of nitrogens with zero attached hydrogens (tertiary/aromatic N) is 1. The van der Waals surface area contributed by atoms with E-state index in [1.807, 2.05) is 49.5 Å². The molecule has 0 aliphatic carbocycles. The van der Waals surface area contributed by atoms with Gasteiger partial charge in [0.05, 0.1) is 13.2 Å². The molecule has 0 aliphatic rings. The van der Waals surface area contributed by atoms with Crippen molar-refractivity contribution in [3.63, 3.8) is 0 Å². The van der Waals surface area contributed by atoms with Gasteiger partial charge in [0.2, 0.25) is 0 Å². The highest BCUT2D eigenvalue weighted by Crippen LogP contribution is 2.30. The number of rotatable bonds is 5. The van der Waals surface area contributed by atoms with E-state index < -0.39 is 0 Å². The summed E-state index contributed by atoms with van der Waals surface area (Å²) in [5.74, 6) is 0.813. The Kier molecular flexibility index (Phi) is 4.71. The number of methoxy groups -OCH3 is 1. The van der Waals surface area contributed by atoms with Gasteiger partial charge in [0.1, 0.15) is 5.75 Å². The van der Waals surface area contributed by atoms with Gasteiger partial charge >= 0.3 is 0 Å². The maximum Gasteiger partial charge on any atom is 0.118 e. The van der Waals surface area contributed by atoms with Gasteiger partial charge in [-0.1, -0.05) is 28.1 Å². The van der Waals surface area contributed by atoms with E-state index in [2.05, 4.69) is 27.0 Å². The van der Waals surface area contributed by atoms with Crippen LogP contribution in [0.5, 0.6) is 5.75 Å². The van der Waals surface area contributed by atoms with Crippen LogP contribution in [0.4, 0.5) is 0 Å². The number of benzene rings is 2. The molecule has 0 spiro atoms. The average molecular weight is 375 g/mol. The number of hydrogen-bond donors (Lipinski definition) is 2. The fraction of sp³-hybridized carbons (Fsp3) is 0.222. The molecule has 0 fully saturated rings. The number of nitrogens with one attached hydrogen (secondary N) is 1. The van der Waals surface area contributed by atoms with Crippen LogP contribution in [0, 0.1) is 0 Å². The van der Waals surface area contributed by atoms with E-state index in [0.29, 0.717) is 6.54 Å². The van der Waals surface area contributed by atoms with Crippen LogP contribution in [-0.4, -0.2) is 22.4 Å². The number of aromatic nitrogens is 1. The highest BCUT2D eigenvalue weighted by molar-refractivity contribution is 9.10. The van der Waals surface area contributed by atoms with Gasteiger partial charge in [-0.25, -0.2) is 0 Å². The van der Waals surface area contributed by atoms with Crippen molar-refractivity contribution >= 4 is 26.8 Å². The molecule has 5 heteroatoms. The molecule has 0 saturated carbocycles. The Balaban J connectivity index is 1.80. The lowest BCUT2D eigenvalue weighted by Gasteiger charge is -2.22. The molecule has 1 aromatic heterocycles. The van der Waals surface area contributed by atoms with E-state index in [1.54, 1.807) is 7.11 Å². The predicted molar refractivity (Wildman–Crippen MR) is 94.7 cm³/mol. The summed E-state index contributed by atoms with van der Waals surface area (Å²) in [4.78, 5) is 3.25. The Bertz CT molecular complexity index is 798. The minimum Gasteiger partial charge on any atom is -0.497 e. The van der Waals surface area contributed by atoms with Crippen LogP contribution >= 0.6 is 15.9 Å². The second-order valence-electron chi connectivity index (χ2n) is 5.56. The molecule has 0 bridgehead atoms. The Morgan fingerprint density at radius 2 is 1.96 bits per heavy atom. The molecule has 0 saturated heterocycles. The Morgan fingerprint density at radius 1 is 1.22 bits per heavy atom. The number of halogens is 1. The minimum atomic E-state index is -0.125. The maximum atomic E-state index is 10.5. The van der Waals surface area contributed by atoms with Crippen molar-refractivity contribution in [2.45, 2.75) is 19.5 Å². The SMILES string of the molecule is COc1ccc(CN(O)C(C)c2c[nH]c3ccc(Br)cc23)cc1. The molecule has 120 valence electrons. The number of ether oxygens (including phenoxy) is 1. The number of H-pyrrole nitrogens is 1. The normalized spacial score (nSPS) is 12.7. The standard InChI is InChI=1S/C18H19BrN2O2/c1-12(17-10-20-18-8-5-14(19)9-16(17)18)21(22)11-13-3-6-15(23-2)7-4-13/h3-10,12,20,22H,11H2,1-2H3. The summed E-state index contributed by atoms with van der Waals surface area (Å²) in [5, 5.41) is 12.9. The van der Waals surface area contributed by atoms with Crippen LogP contribution in [-0.2, 0) is 6.54 Å². The monoisotopic (exact) mass is 374 g/mol. The number of hydroxylamine groups is 2. The third-order valence-electron chi connectivity index (χ3n) is 4.08. The summed E-state index contributed by atoms with van der Waals surface area (Å²) in [6.07, 6.45) is 1.96. The fourth-order valence-electron chi connectivity index (χ4n) is 2.68. The molecule has 2 N–H and O–H groups in total. The van der Waals surface area contributed by atoms with Crippen molar-refractivity contribution in [2.24, 2.45) is 0 Å². The van der Waals surface area contributed by atoms with Gasteiger partial charge in [0, 0.05) is 28.1 Å². The summed E-state index contributed by atoms with van der Waals surface area (Å²) < 4.78 is 6.18. The minimum absolute atomic E-state index is 0.125. The highest BCUT2D eigenvalue weighted by atomic mass is 79.9. The Hall–Kier alpha value is -1.82.